The zero-order valence-electron chi connectivity index (χ0n) is 17.0. The van der Waals surface area contributed by atoms with E-state index in [1.54, 1.807) is 36.4 Å². The minimum Gasteiger partial charge on any atom is -0.493 e. The number of aryl methyl sites for hydroxylation is 1. The number of furan rings is 1. The molecule has 0 bridgehead atoms. The van der Waals surface area contributed by atoms with Crippen LogP contribution in [0.1, 0.15) is 11.3 Å². The number of aromatic nitrogens is 1. The number of aliphatic imine (C=N–C) groups is 1. The number of nitrogens with one attached hydrogen (secondary N) is 1. The number of aromatic hydroxyl groups is 1. The lowest BCUT2D eigenvalue weighted by Crippen LogP contribution is -1.86. The van der Waals surface area contributed by atoms with Crippen LogP contribution in [0.15, 0.2) is 73.1 Å². The Morgan fingerprint density at radius 3 is 2.79 bits per heavy atom. The van der Waals surface area contributed by atoms with Gasteiger partial charge in [-0.3, -0.25) is 4.79 Å². The topological polar surface area (TPSA) is 103 Å². The van der Waals surface area contributed by atoms with Gasteiger partial charge in [0.05, 0.1) is 15.4 Å². The Morgan fingerprint density at radius 1 is 1.12 bits per heavy atom. The molecule has 1 aliphatic rings. The first kappa shape index (κ1) is 21.5. The Hall–Kier alpha value is -3.33. The van der Waals surface area contributed by atoms with Crippen LogP contribution in [-0.2, 0) is 4.79 Å². The van der Waals surface area contributed by atoms with Crippen LogP contribution >= 0.6 is 35.0 Å². The van der Waals surface area contributed by atoms with Crippen LogP contribution in [0, 0.1) is 6.92 Å². The molecule has 2 aromatic carbocycles. The molecule has 1 aliphatic heterocycles. The van der Waals surface area contributed by atoms with Crippen molar-refractivity contribution in [3.8, 4) is 17.2 Å². The third kappa shape index (κ3) is 4.32. The van der Waals surface area contributed by atoms with Gasteiger partial charge in [-0.05, 0) is 61.2 Å². The van der Waals surface area contributed by atoms with Crippen LogP contribution in [0.2, 0.25) is 10.0 Å². The highest BCUT2D eigenvalue weighted by atomic mass is 35.5. The van der Waals surface area contributed by atoms with Crippen LogP contribution in [0.5, 0.6) is 5.88 Å². The number of carbonyl (C=O) groups excluding carboxylic acids is 1. The smallest absolute Gasteiger partial charge is 0.286 e. The second-order valence-electron chi connectivity index (χ2n) is 7.21. The summed E-state index contributed by atoms with van der Waals surface area (Å²) in [6.45, 7) is 1.94. The quantitative estimate of drug-likeness (QED) is 0.226. The fourth-order valence-corrected chi connectivity index (χ4v) is 4.52. The summed E-state index contributed by atoms with van der Waals surface area (Å²) < 4.78 is 5.82. The van der Waals surface area contributed by atoms with Gasteiger partial charge in [-0.1, -0.05) is 34.8 Å². The largest absolute Gasteiger partial charge is 0.493 e. The number of hydrogen-bond acceptors (Lipinski definition) is 6. The second-order valence-corrected chi connectivity index (χ2v) is 9.06. The van der Waals surface area contributed by atoms with Gasteiger partial charge >= 0.3 is 0 Å². The van der Waals surface area contributed by atoms with Gasteiger partial charge in [0.1, 0.15) is 11.5 Å². The number of carbonyl (C=O) groups is 1. The van der Waals surface area contributed by atoms with Crippen molar-refractivity contribution in [1.29, 1.82) is 0 Å². The van der Waals surface area contributed by atoms with E-state index in [0.29, 0.717) is 32.0 Å². The molecule has 0 unspecified atom stereocenters. The lowest BCUT2D eigenvalue weighted by Gasteiger charge is -2.00. The Labute approximate surface area is 201 Å². The first-order valence-corrected chi connectivity index (χ1v) is 11.3. The van der Waals surface area contributed by atoms with Crippen molar-refractivity contribution < 1.29 is 14.3 Å². The molecule has 0 atom stereocenters. The SMILES string of the molecule is Cc1ccc2[nH]c(O)c(N=NC3=NC(=O)/C(=C/c4ccc(-c5ccc(Cl)cc5Cl)o4)S3)c2c1. The summed E-state index contributed by atoms with van der Waals surface area (Å²) in [4.78, 5) is 19.4. The van der Waals surface area contributed by atoms with Crippen molar-refractivity contribution in [3.05, 3.63) is 74.8 Å². The number of aromatic amines is 1. The number of amides is 1. The third-order valence-corrected chi connectivity index (χ3v) is 6.26. The van der Waals surface area contributed by atoms with Crippen LogP contribution in [0.4, 0.5) is 5.69 Å². The van der Waals surface area contributed by atoms with Crippen molar-refractivity contribution >= 4 is 68.7 Å². The maximum absolute atomic E-state index is 12.3. The van der Waals surface area contributed by atoms with E-state index in [0.717, 1.165) is 28.2 Å². The number of fused-ring (bicyclic) bond motifs is 1. The molecule has 2 aromatic heterocycles. The molecule has 0 fully saturated rings. The molecular formula is C23H14Cl2N4O3S. The van der Waals surface area contributed by atoms with Gasteiger partial charge in [0, 0.05) is 22.0 Å². The molecule has 10 heteroatoms. The zero-order valence-corrected chi connectivity index (χ0v) is 19.3. The van der Waals surface area contributed by atoms with Crippen molar-refractivity contribution in [1.82, 2.24) is 4.98 Å². The van der Waals surface area contributed by atoms with Gasteiger partial charge in [-0.15, -0.1) is 10.2 Å². The fraction of sp³-hybridized carbons (Fsp3) is 0.0435. The summed E-state index contributed by atoms with van der Waals surface area (Å²) in [5, 5.41) is 20.2. The van der Waals surface area contributed by atoms with E-state index in [9.17, 15) is 9.90 Å². The molecular weight excluding hydrogens is 483 g/mol. The first-order chi connectivity index (χ1) is 15.9. The summed E-state index contributed by atoms with van der Waals surface area (Å²) in [6, 6.07) is 14.3. The molecule has 4 aromatic rings. The molecule has 164 valence electrons. The normalized spacial score (nSPS) is 15.3. The molecule has 33 heavy (non-hydrogen) atoms. The Kier molecular flexibility index (Phi) is 5.57. The standard InChI is InChI=1S/C23H14Cl2N4O3S/c1-11-2-6-17-15(8-11)20(22(31)26-17)28-29-23-27-21(30)19(33-23)10-13-4-7-18(32-13)14-5-3-12(24)9-16(14)25/h2-10,26,31H,1H3/b19-10-,29-28?. The van der Waals surface area contributed by atoms with E-state index < -0.39 is 5.91 Å². The van der Waals surface area contributed by atoms with Crippen molar-refractivity contribution in [2.75, 3.05) is 0 Å². The lowest BCUT2D eigenvalue weighted by molar-refractivity contribution is -0.113. The average molecular weight is 497 g/mol. The van der Waals surface area contributed by atoms with Gasteiger partial charge in [0.15, 0.2) is 5.69 Å². The number of rotatable bonds is 3. The molecule has 7 nitrogen and oxygen atoms in total. The van der Waals surface area contributed by atoms with Gasteiger partial charge in [-0.25, -0.2) is 0 Å². The molecule has 0 aliphatic carbocycles. The summed E-state index contributed by atoms with van der Waals surface area (Å²) >= 11 is 13.3. The third-order valence-electron chi connectivity index (χ3n) is 4.85. The summed E-state index contributed by atoms with van der Waals surface area (Å²) in [7, 11) is 0. The predicted octanol–water partition coefficient (Wildman–Crippen LogP) is 7.50. The van der Waals surface area contributed by atoms with E-state index in [1.807, 2.05) is 25.1 Å². The predicted molar refractivity (Wildman–Crippen MR) is 131 cm³/mol. The molecule has 2 N–H and O–H groups in total. The highest BCUT2D eigenvalue weighted by molar-refractivity contribution is 8.18. The van der Waals surface area contributed by atoms with Gasteiger partial charge in [0.2, 0.25) is 11.0 Å². The maximum atomic E-state index is 12.3. The molecule has 0 saturated heterocycles. The van der Waals surface area contributed by atoms with Gasteiger partial charge < -0.3 is 14.5 Å². The molecule has 5 rings (SSSR count). The molecule has 1 amide bonds. The van der Waals surface area contributed by atoms with Crippen LogP contribution in [0.3, 0.4) is 0 Å². The van der Waals surface area contributed by atoms with Crippen LogP contribution < -0.4 is 0 Å². The molecule has 3 heterocycles. The lowest BCUT2D eigenvalue weighted by atomic mass is 10.2. The van der Waals surface area contributed by atoms with Gasteiger partial charge in [0.25, 0.3) is 5.91 Å². The molecule has 0 radical (unpaired) electrons. The van der Waals surface area contributed by atoms with E-state index in [4.69, 9.17) is 27.6 Å². The molecule has 0 spiro atoms. The Morgan fingerprint density at radius 2 is 1.97 bits per heavy atom. The second kappa shape index (κ2) is 8.55. The Balaban J connectivity index is 1.36. The summed E-state index contributed by atoms with van der Waals surface area (Å²) in [6.07, 6.45) is 1.58. The maximum Gasteiger partial charge on any atom is 0.286 e. The van der Waals surface area contributed by atoms with E-state index >= 15 is 0 Å². The number of benzene rings is 2. The number of azo groups is 1. The number of thioether (sulfide) groups is 1. The van der Waals surface area contributed by atoms with Crippen molar-refractivity contribution in [2.45, 2.75) is 6.92 Å². The molecule has 0 saturated carbocycles. The number of hydrogen-bond donors (Lipinski definition) is 2. The number of nitrogens with zero attached hydrogens (tertiary/aromatic N) is 3. The van der Waals surface area contributed by atoms with Crippen LogP contribution in [-0.4, -0.2) is 21.2 Å². The van der Waals surface area contributed by atoms with Crippen LogP contribution in [0.25, 0.3) is 28.3 Å². The van der Waals surface area contributed by atoms with Gasteiger partial charge in [-0.2, -0.15) is 4.99 Å². The summed E-state index contributed by atoms with van der Waals surface area (Å²) in [5.41, 5.74) is 2.73. The van der Waals surface area contributed by atoms with Crippen molar-refractivity contribution in [3.63, 3.8) is 0 Å². The highest BCUT2D eigenvalue weighted by Gasteiger charge is 2.23. The zero-order chi connectivity index (χ0) is 23.1. The number of H-pyrrole nitrogens is 1. The van der Waals surface area contributed by atoms with E-state index in [1.165, 1.54) is 0 Å². The van der Waals surface area contributed by atoms with E-state index in [-0.39, 0.29) is 16.7 Å². The monoisotopic (exact) mass is 496 g/mol. The van der Waals surface area contributed by atoms with E-state index in [2.05, 4.69) is 20.2 Å². The van der Waals surface area contributed by atoms with Crippen molar-refractivity contribution in [2.24, 2.45) is 15.2 Å². The minimum absolute atomic E-state index is 0.103. The Bertz CT molecular complexity index is 1520. The highest BCUT2D eigenvalue weighted by Crippen LogP contribution is 2.38. The average Bonchev–Trinajstić information content (AvgIpc) is 3.44. The summed E-state index contributed by atoms with van der Waals surface area (Å²) in [5.74, 6) is 0.458. The number of amidine groups is 1. The minimum atomic E-state index is -0.449. The first-order valence-electron chi connectivity index (χ1n) is 9.68. The number of halogens is 2. The fourth-order valence-electron chi connectivity index (χ4n) is 3.31.